The molecule has 0 aliphatic carbocycles. The molecular weight excluding hydrogens is 298 g/mol. The summed E-state index contributed by atoms with van der Waals surface area (Å²) in [5.74, 6) is 1.02. The van der Waals surface area contributed by atoms with Gasteiger partial charge in [0.05, 0.1) is 6.04 Å². The van der Waals surface area contributed by atoms with Crippen molar-refractivity contribution in [2.75, 3.05) is 6.54 Å². The highest BCUT2D eigenvalue weighted by molar-refractivity contribution is 5.92. The molecule has 0 aromatic carbocycles. The minimum atomic E-state index is -0.251. The van der Waals surface area contributed by atoms with Crippen LogP contribution in [-0.4, -0.2) is 37.3 Å². The van der Waals surface area contributed by atoms with Gasteiger partial charge >= 0.3 is 0 Å². The van der Waals surface area contributed by atoms with E-state index < -0.39 is 0 Å². The Labute approximate surface area is 133 Å². The van der Waals surface area contributed by atoms with Gasteiger partial charge in [-0.2, -0.15) is 10.1 Å². The maximum atomic E-state index is 12.7. The van der Waals surface area contributed by atoms with E-state index in [9.17, 15) is 9.59 Å². The molecule has 0 bridgehead atoms. The van der Waals surface area contributed by atoms with Gasteiger partial charge < -0.3 is 9.42 Å². The average molecular weight is 317 g/mol. The Morgan fingerprint density at radius 3 is 2.83 bits per heavy atom. The number of aromatic nitrogens is 4. The van der Waals surface area contributed by atoms with Gasteiger partial charge in [0, 0.05) is 25.6 Å². The van der Waals surface area contributed by atoms with Crippen LogP contribution >= 0.6 is 0 Å². The van der Waals surface area contributed by atoms with Crippen LogP contribution in [0, 0.1) is 0 Å². The fourth-order valence-corrected chi connectivity index (χ4v) is 2.66. The summed E-state index contributed by atoms with van der Waals surface area (Å²) < 4.78 is 6.40. The molecule has 23 heavy (non-hydrogen) atoms. The van der Waals surface area contributed by atoms with Crippen LogP contribution in [0.1, 0.15) is 60.9 Å². The van der Waals surface area contributed by atoms with E-state index in [0.29, 0.717) is 18.3 Å². The van der Waals surface area contributed by atoms with Gasteiger partial charge in [0.1, 0.15) is 5.69 Å². The van der Waals surface area contributed by atoms with Crippen molar-refractivity contribution in [1.82, 2.24) is 24.8 Å². The van der Waals surface area contributed by atoms with E-state index in [0.717, 1.165) is 17.5 Å². The zero-order valence-electron chi connectivity index (χ0n) is 13.4. The Balaban J connectivity index is 1.86. The van der Waals surface area contributed by atoms with Crippen molar-refractivity contribution in [3.05, 3.63) is 39.9 Å². The van der Waals surface area contributed by atoms with Crippen molar-refractivity contribution in [1.29, 1.82) is 0 Å². The van der Waals surface area contributed by atoms with E-state index in [2.05, 4.69) is 15.2 Å². The van der Waals surface area contributed by atoms with Crippen LogP contribution in [-0.2, 0) is 7.05 Å². The highest BCUT2D eigenvalue weighted by Gasteiger charge is 2.34. The van der Waals surface area contributed by atoms with Crippen LogP contribution in [0.2, 0.25) is 0 Å². The largest absolute Gasteiger partial charge is 0.339 e. The summed E-state index contributed by atoms with van der Waals surface area (Å²) in [6.45, 7) is 4.56. The number of likely N-dealkylation sites (tertiary alicyclic amines) is 1. The Bertz CT molecular complexity index is 779. The smallest absolute Gasteiger partial charge is 0.274 e. The molecule has 2 aromatic heterocycles. The van der Waals surface area contributed by atoms with Gasteiger partial charge in [-0.05, 0) is 18.9 Å². The lowest BCUT2D eigenvalue weighted by Gasteiger charge is -2.21. The molecule has 2 aromatic rings. The SMILES string of the molecule is CC(C)c1nc([C@@H]2CCCN2C(=O)c2ccc(=O)n(C)n2)no1. The van der Waals surface area contributed by atoms with Gasteiger partial charge in [-0.1, -0.05) is 19.0 Å². The molecule has 1 aliphatic rings. The predicted octanol–water partition coefficient (Wildman–Crippen LogP) is 1.26. The van der Waals surface area contributed by atoms with E-state index in [4.69, 9.17) is 4.52 Å². The molecule has 1 fully saturated rings. The first-order chi connectivity index (χ1) is 11.0. The summed E-state index contributed by atoms with van der Waals surface area (Å²) in [7, 11) is 1.52. The lowest BCUT2D eigenvalue weighted by molar-refractivity contribution is 0.0719. The van der Waals surface area contributed by atoms with Crippen molar-refractivity contribution in [3.8, 4) is 0 Å². The molecule has 1 aliphatic heterocycles. The summed E-state index contributed by atoms with van der Waals surface area (Å²) in [5, 5.41) is 8.05. The third-order valence-corrected chi connectivity index (χ3v) is 3.94. The lowest BCUT2D eigenvalue weighted by atomic mass is 10.2. The first-order valence-corrected chi connectivity index (χ1v) is 7.66. The average Bonchev–Trinajstić information content (AvgIpc) is 3.17. The van der Waals surface area contributed by atoms with E-state index in [1.165, 1.54) is 19.2 Å². The van der Waals surface area contributed by atoms with Crippen LogP contribution in [0.4, 0.5) is 0 Å². The Hall–Kier alpha value is -2.51. The highest BCUT2D eigenvalue weighted by Crippen LogP contribution is 2.31. The van der Waals surface area contributed by atoms with E-state index in [1.807, 2.05) is 13.8 Å². The Morgan fingerprint density at radius 1 is 1.39 bits per heavy atom. The van der Waals surface area contributed by atoms with Crippen molar-refractivity contribution < 1.29 is 9.32 Å². The van der Waals surface area contributed by atoms with Crippen LogP contribution in [0.5, 0.6) is 0 Å². The first-order valence-electron chi connectivity index (χ1n) is 7.66. The van der Waals surface area contributed by atoms with Crippen molar-refractivity contribution in [2.45, 2.75) is 38.6 Å². The van der Waals surface area contributed by atoms with Crippen LogP contribution in [0.25, 0.3) is 0 Å². The summed E-state index contributed by atoms with van der Waals surface area (Å²) in [6.07, 6.45) is 1.66. The zero-order valence-corrected chi connectivity index (χ0v) is 13.4. The number of aryl methyl sites for hydroxylation is 1. The molecule has 122 valence electrons. The van der Waals surface area contributed by atoms with Gasteiger partial charge in [0.25, 0.3) is 11.5 Å². The molecule has 8 nitrogen and oxygen atoms in total. The van der Waals surface area contributed by atoms with Gasteiger partial charge in [-0.25, -0.2) is 4.68 Å². The van der Waals surface area contributed by atoms with Crippen LogP contribution in [0.3, 0.4) is 0 Å². The Morgan fingerprint density at radius 2 is 2.17 bits per heavy atom. The van der Waals surface area contributed by atoms with E-state index >= 15 is 0 Å². The van der Waals surface area contributed by atoms with Gasteiger partial charge in [-0.3, -0.25) is 9.59 Å². The molecule has 0 N–H and O–H groups in total. The highest BCUT2D eigenvalue weighted by atomic mass is 16.5. The third kappa shape index (κ3) is 2.88. The standard InChI is InChI=1S/C15H19N5O3/c1-9(2)14-16-13(18-23-14)11-5-4-8-20(11)15(22)10-6-7-12(21)19(3)17-10/h6-7,9,11H,4-5,8H2,1-3H3/t11-/m0/s1. The number of rotatable bonds is 3. The molecular formula is C15H19N5O3. The van der Waals surface area contributed by atoms with Gasteiger partial charge in [0.2, 0.25) is 5.89 Å². The van der Waals surface area contributed by atoms with Gasteiger partial charge in [0.15, 0.2) is 5.82 Å². The molecule has 3 rings (SSSR count). The quantitative estimate of drug-likeness (QED) is 0.846. The summed E-state index contributed by atoms with van der Waals surface area (Å²) >= 11 is 0. The summed E-state index contributed by atoms with van der Waals surface area (Å²) in [5.41, 5.74) is -0.00848. The minimum absolute atomic E-state index is 0.145. The first kappa shape index (κ1) is 15.4. The molecule has 0 radical (unpaired) electrons. The van der Waals surface area contributed by atoms with Crippen molar-refractivity contribution in [2.24, 2.45) is 7.05 Å². The zero-order chi connectivity index (χ0) is 16.6. The number of hydrogen-bond donors (Lipinski definition) is 0. The second-order valence-electron chi connectivity index (χ2n) is 5.98. The number of hydrogen-bond acceptors (Lipinski definition) is 6. The van der Waals surface area contributed by atoms with Crippen molar-refractivity contribution >= 4 is 5.91 Å². The minimum Gasteiger partial charge on any atom is -0.339 e. The number of carbonyl (C=O) groups is 1. The molecule has 3 heterocycles. The van der Waals surface area contributed by atoms with Crippen LogP contribution < -0.4 is 5.56 Å². The second-order valence-corrected chi connectivity index (χ2v) is 5.98. The summed E-state index contributed by atoms with van der Waals surface area (Å²) in [6, 6.07) is 2.59. The normalized spacial score (nSPS) is 17.9. The number of nitrogens with zero attached hydrogens (tertiary/aromatic N) is 5. The van der Waals surface area contributed by atoms with E-state index in [1.54, 1.807) is 4.90 Å². The lowest BCUT2D eigenvalue weighted by Crippen LogP contribution is -2.33. The summed E-state index contributed by atoms with van der Waals surface area (Å²) in [4.78, 5) is 30.2. The third-order valence-electron chi connectivity index (χ3n) is 3.94. The molecule has 0 spiro atoms. The molecule has 1 atom stereocenters. The van der Waals surface area contributed by atoms with Gasteiger partial charge in [-0.15, -0.1) is 0 Å². The fourth-order valence-electron chi connectivity index (χ4n) is 2.66. The molecule has 8 heteroatoms. The predicted molar refractivity (Wildman–Crippen MR) is 80.9 cm³/mol. The van der Waals surface area contributed by atoms with Crippen molar-refractivity contribution in [3.63, 3.8) is 0 Å². The molecule has 0 unspecified atom stereocenters. The number of amides is 1. The molecule has 0 saturated carbocycles. The maximum absolute atomic E-state index is 12.7. The molecule has 1 saturated heterocycles. The maximum Gasteiger partial charge on any atom is 0.274 e. The Kier molecular flexibility index (Phi) is 3.97. The molecule has 1 amide bonds. The van der Waals surface area contributed by atoms with E-state index in [-0.39, 0.29) is 29.1 Å². The number of carbonyl (C=O) groups excluding carboxylic acids is 1. The topological polar surface area (TPSA) is 94.1 Å². The monoisotopic (exact) mass is 317 g/mol. The fraction of sp³-hybridized carbons (Fsp3) is 0.533. The van der Waals surface area contributed by atoms with Crippen LogP contribution in [0.15, 0.2) is 21.5 Å². The second kappa shape index (κ2) is 5.94.